The van der Waals surface area contributed by atoms with E-state index in [0.717, 1.165) is 44.2 Å². The van der Waals surface area contributed by atoms with Gasteiger partial charge in [0.2, 0.25) is 5.91 Å². The lowest BCUT2D eigenvalue weighted by Crippen LogP contribution is -2.55. The highest BCUT2D eigenvalue weighted by atomic mass is 32.1. The van der Waals surface area contributed by atoms with E-state index in [-0.39, 0.29) is 11.9 Å². The van der Waals surface area contributed by atoms with Gasteiger partial charge in [-0.25, -0.2) is 4.98 Å². The van der Waals surface area contributed by atoms with E-state index < -0.39 is 0 Å². The molecule has 1 aliphatic heterocycles. The first kappa shape index (κ1) is 16.7. The fraction of sp³-hybridized carbons (Fsp3) is 0.765. The molecule has 0 aromatic carbocycles. The number of nitrogens with one attached hydrogen (secondary N) is 1. The van der Waals surface area contributed by atoms with Crippen molar-refractivity contribution in [1.29, 1.82) is 0 Å². The van der Waals surface area contributed by atoms with E-state index in [0.29, 0.717) is 6.04 Å². The first-order valence-corrected chi connectivity index (χ1v) is 9.81. The highest BCUT2D eigenvalue weighted by Crippen LogP contribution is 2.20. The Morgan fingerprint density at radius 1 is 1.22 bits per heavy atom. The SMILES string of the molecule is C[C@H](C(=O)NC1CCCCCC1)N1CCN(c2nccs2)CC1. The fourth-order valence-electron chi connectivity index (χ4n) is 3.58. The van der Waals surface area contributed by atoms with E-state index in [1.807, 2.05) is 18.5 Å². The molecule has 128 valence electrons. The Bertz CT molecular complexity index is 477. The lowest BCUT2D eigenvalue weighted by molar-refractivity contribution is -0.126. The van der Waals surface area contributed by atoms with Crippen molar-refractivity contribution in [3.05, 3.63) is 11.6 Å². The van der Waals surface area contributed by atoms with E-state index >= 15 is 0 Å². The Morgan fingerprint density at radius 2 is 1.91 bits per heavy atom. The van der Waals surface area contributed by atoms with Gasteiger partial charge in [0.15, 0.2) is 5.13 Å². The number of anilines is 1. The van der Waals surface area contributed by atoms with Gasteiger partial charge < -0.3 is 10.2 Å². The topological polar surface area (TPSA) is 48.5 Å². The zero-order chi connectivity index (χ0) is 16.1. The van der Waals surface area contributed by atoms with E-state index in [1.165, 1.54) is 25.7 Å². The normalized spacial score (nSPS) is 22.6. The zero-order valence-electron chi connectivity index (χ0n) is 14.0. The van der Waals surface area contributed by atoms with Crippen LogP contribution >= 0.6 is 11.3 Å². The lowest BCUT2D eigenvalue weighted by atomic mass is 10.1. The summed E-state index contributed by atoms with van der Waals surface area (Å²) in [6.07, 6.45) is 9.31. The molecule has 1 aromatic heterocycles. The van der Waals surface area contributed by atoms with Crippen LogP contribution in [0.2, 0.25) is 0 Å². The Hall–Kier alpha value is -1.14. The summed E-state index contributed by atoms with van der Waals surface area (Å²) in [6, 6.07) is 0.362. The molecule has 1 atom stereocenters. The van der Waals surface area contributed by atoms with Crippen molar-refractivity contribution >= 4 is 22.4 Å². The van der Waals surface area contributed by atoms with Crippen LogP contribution in [0.1, 0.15) is 45.4 Å². The molecule has 0 unspecified atom stereocenters. The summed E-state index contributed by atoms with van der Waals surface area (Å²) < 4.78 is 0. The number of carbonyl (C=O) groups is 1. The summed E-state index contributed by atoms with van der Waals surface area (Å²) in [5.41, 5.74) is 0. The number of rotatable bonds is 4. The summed E-state index contributed by atoms with van der Waals surface area (Å²) in [7, 11) is 0. The fourth-order valence-corrected chi connectivity index (χ4v) is 4.28. The smallest absolute Gasteiger partial charge is 0.237 e. The Kier molecular flexibility index (Phi) is 5.89. The van der Waals surface area contributed by atoms with Gasteiger partial charge in [-0.2, -0.15) is 0 Å². The van der Waals surface area contributed by atoms with Gasteiger partial charge in [0, 0.05) is 43.8 Å². The molecule has 1 N–H and O–H groups in total. The van der Waals surface area contributed by atoms with E-state index in [2.05, 4.69) is 20.1 Å². The van der Waals surface area contributed by atoms with Crippen LogP contribution in [-0.4, -0.2) is 54.1 Å². The summed E-state index contributed by atoms with van der Waals surface area (Å²) in [4.78, 5) is 21.6. The van der Waals surface area contributed by atoms with Crippen molar-refractivity contribution in [3.8, 4) is 0 Å². The third kappa shape index (κ3) is 4.44. The van der Waals surface area contributed by atoms with Gasteiger partial charge >= 0.3 is 0 Å². The first-order chi connectivity index (χ1) is 11.2. The average Bonchev–Trinajstić information content (AvgIpc) is 3.00. The lowest BCUT2D eigenvalue weighted by Gasteiger charge is -2.37. The second-order valence-corrected chi connectivity index (χ2v) is 7.58. The van der Waals surface area contributed by atoms with Gasteiger partial charge in [-0.15, -0.1) is 11.3 Å². The second kappa shape index (κ2) is 8.11. The highest BCUT2D eigenvalue weighted by molar-refractivity contribution is 7.13. The molecule has 2 heterocycles. The number of piperazine rings is 1. The maximum atomic E-state index is 12.6. The monoisotopic (exact) mass is 336 g/mol. The number of amides is 1. The van der Waals surface area contributed by atoms with Crippen LogP contribution in [0.25, 0.3) is 0 Å². The van der Waals surface area contributed by atoms with E-state index in [1.54, 1.807) is 11.3 Å². The maximum absolute atomic E-state index is 12.6. The van der Waals surface area contributed by atoms with Gasteiger partial charge in [0.1, 0.15) is 0 Å². The van der Waals surface area contributed by atoms with Crippen molar-refractivity contribution in [2.24, 2.45) is 0 Å². The molecule has 1 amide bonds. The van der Waals surface area contributed by atoms with Crippen molar-refractivity contribution in [2.45, 2.75) is 57.5 Å². The number of aromatic nitrogens is 1. The third-order valence-corrected chi connectivity index (χ3v) is 5.97. The summed E-state index contributed by atoms with van der Waals surface area (Å²) >= 11 is 1.69. The molecule has 0 spiro atoms. The number of thiazole rings is 1. The number of carbonyl (C=O) groups excluding carboxylic acids is 1. The Labute approximate surface area is 143 Å². The molecular weight excluding hydrogens is 308 g/mol. The minimum absolute atomic E-state index is 0.0308. The number of nitrogens with zero attached hydrogens (tertiary/aromatic N) is 3. The van der Waals surface area contributed by atoms with Gasteiger partial charge in [0.25, 0.3) is 0 Å². The molecule has 6 heteroatoms. The summed E-state index contributed by atoms with van der Waals surface area (Å²) in [6.45, 7) is 5.81. The van der Waals surface area contributed by atoms with Crippen LogP contribution in [0, 0.1) is 0 Å². The largest absolute Gasteiger partial charge is 0.352 e. The molecule has 1 saturated heterocycles. The molecule has 23 heavy (non-hydrogen) atoms. The zero-order valence-corrected chi connectivity index (χ0v) is 14.9. The van der Waals surface area contributed by atoms with Gasteiger partial charge in [0.05, 0.1) is 6.04 Å². The van der Waals surface area contributed by atoms with Gasteiger partial charge in [-0.1, -0.05) is 25.7 Å². The minimum Gasteiger partial charge on any atom is -0.352 e. The molecule has 2 fully saturated rings. The van der Waals surface area contributed by atoms with Crippen LogP contribution in [0.5, 0.6) is 0 Å². The molecule has 1 aromatic rings. The molecule has 0 bridgehead atoms. The van der Waals surface area contributed by atoms with E-state index in [4.69, 9.17) is 0 Å². The first-order valence-electron chi connectivity index (χ1n) is 8.93. The quantitative estimate of drug-likeness (QED) is 0.858. The van der Waals surface area contributed by atoms with E-state index in [9.17, 15) is 4.79 Å². The number of hydrogen-bond donors (Lipinski definition) is 1. The van der Waals surface area contributed by atoms with Crippen LogP contribution in [0.3, 0.4) is 0 Å². The Morgan fingerprint density at radius 3 is 2.52 bits per heavy atom. The van der Waals surface area contributed by atoms with Crippen LogP contribution in [0.15, 0.2) is 11.6 Å². The minimum atomic E-state index is -0.0308. The maximum Gasteiger partial charge on any atom is 0.237 e. The standard InChI is InChI=1S/C17H28N4OS/c1-14(16(22)19-15-6-4-2-3-5-7-15)20-9-11-21(12-10-20)17-18-8-13-23-17/h8,13-15H,2-7,9-12H2,1H3,(H,19,22)/t14-/m1/s1. The van der Waals surface area contributed by atoms with Crippen LogP contribution < -0.4 is 10.2 Å². The van der Waals surface area contributed by atoms with Gasteiger partial charge in [-0.05, 0) is 19.8 Å². The Balaban J connectivity index is 1.46. The molecule has 1 saturated carbocycles. The van der Waals surface area contributed by atoms with Crippen molar-refractivity contribution < 1.29 is 4.79 Å². The summed E-state index contributed by atoms with van der Waals surface area (Å²) in [5.74, 6) is 0.208. The molecular formula is C17H28N4OS. The van der Waals surface area contributed by atoms with Crippen molar-refractivity contribution in [2.75, 3.05) is 31.1 Å². The van der Waals surface area contributed by atoms with Crippen molar-refractivity contribution in [1.82, 2.24) is 15.2 Å². The predicted molar refractivity (Wildman–Crippen MR) is 95.0 cm³/mol. The predicted octanol–water partition coefficient (Wildman–Crippen LogP) is 2.49. The second-order valence-electron chi connectivity index (χ2n) is 6.71. The third-order valence-electron chi connectivity index (χ3n) is 5.13. The van der Waals surface area contributed by atoms with Gasteiger partial charge in [-0.3, -0.25) is 9.69 Å². The molecule has 2 aliphatic rings. The molecule has 1 aliphatic carbocycles. The molecule has 5 nitrogen and oxygen atoms in total. The summed E-state index contributed by atoms with van der Waals surface area (Å²) in [5, 5.41) is 6.41. The van der Waals surface area contributed by atoms with Crippen molar-refractivity contribution in [3.63, 3.8) is 0 Å². The molecule has 0 radical (unpaired) electrons. The molecule has 3 rings (SSSR count). The number of hydrogen-bond acceptors (Lipinski definition) is 5. The van der Waals surface area contributed by atoms with Crippen LogP contribution in [0.4, 0.5) is 5.13 Å². The highest BCUT2D eigenvalue weighted by Gasteiger charge is 2.27. The van der Waals surface area contributed by atoms with Crippen LogP contribution in [-0.2, 0) is 4.79 Å². The average molecular weight is 337 g/mol.